The minimum atomic E-state index is 0.541. The van der Waals surface area contributed by atoms with E-state index in [-0.39, 0.29) is 0 Å². The Hall–Kier alpha value is -1.06. The molecule has 20 heavy (non-hydrogen) atoms. The predicted molar refractivity (Wildman–Crippen MR) is 83.9 cm³/mol. The Balaban J connectivity index is 1.73. The molecule has 1 aliphatic rings. The highest BCUT2D eigenvalue weighted by atomic mass is 16.5. The van der Waals surface area contributed by atoms with E-state index in [4.69, 9.17) is 10.5 Å². The van der Waals surface area contributed by atoms with Crippen LogP contribution >= 0.6 is 0 Å². The van der Waals surface area contributed by atoms with E-state index in [1.165, 1.54) is 32.2 Å². The summed E-state index contributed by atoms with van der Waals surface area (Å²) < 4.78 is 5.88. The number of para-hydroxylation sites is 1. The Kier molecular flexibility index (Phi) is 6.34. The fourth-order valence-electron chi connectivity index (χ4n) is 2.93. The molecule has 3 nitrogen and oxygen atoms in total. The number of ether oxygens (including phenoxy) is 1. The van der Waals surface area contributed by atoms with Crippen LogP contribution < -0.4 is 10.5 Å². The van der Waals surface area contributed by atoms with Gasteiger partial charge in [-0.05, 0) is 38.8 Å². The topological polar surface area (TPSA) is 38.5 Å². The normalized spacial score (nSPS) is 20.6. The Morgan fingerprint density at radius 3 is 2.95 bits per heavy atom. The third-order valence-electron chi connectivity index (χ3n) is 4.23. The minimum Gasteiger partial charge on any atom is -0.493 e. The Morgan fingerprint density at radius 2 is 2.10 bits per heavy atom. The maximum absolute atomic E-state index is 5.88. The van der Waals surface area contributed by atoms with Crippen LogP contribution in [-0.2, 0) is 6.54 Å². The summed E-state index contributed by atoms with van der Waals surface area (Å²) in [6.45, 7) is 6.07. The molecule has 0 aliphatic carbocycles. The summed E-state index contributed by atoms with van der Waals surface area (Å²) in [7, 11) is 0. The lowest BCUT2D eigenvalue weighted by atomic mass is 10.1. The number of rotatable bonds is 6. The second kappa shape index (κ2) is 8.28. The van der Waals surface area contributed by atoms with Gasteiger partial charge in [-0.3, -0.25) is 0 Å². The van der Waals surface area contributed by atoms with Crippen molar-refractivity contribution in [1.82, 2.24) is 4.90 Å². The molecule has 1 heterocycles. The van der Waals surface area contributed by atoms with E-state index in [1.54, 1.807) is 0 Å². The van der Waals surface area contributed by atoms with E-state index in [0.717, 1.165) is 36.9 Å². The molecule has 1 fully saturated rings. The van der Waals surface area contributed by atoms with Crippen molar-refractivity contribution in [3.63, 3.8) is 0 Å². The van der Waals surface area contributed by atoms with Gasteiger partial charge in [-0.2, -0.15) is 0 Å². The van der Waals surface area contributed by atoms with Crippen LogP contribution in [0.3, 0.4) is 0 Å². The van der Waals surface area contributed by atoms with E-state index in [2.05, 4.69) is 11.8 Å². The third kappa shape index (κ3) is 4.50. The van der Waals surface area contributed by atoms with Crippen LogP contribution in [0.1, 0.15) is 44.6 Å². The molecular formula is C17H28N2O. The summed E-state index contributed by atoms with van der Waals surface area (Å²) in [5.41, 5.74) is 6.81. The molecule has 1 atom stereocenters. The van der Waals surface area contributed by atoms with Gasteiger partial charge in [-0.25, -0.2) is 0 Å². The van der Waals surface area contributed by atoms with Crippen LogP contribution in [0.25, 0.3) is 0 Å². The van der Waals surface area contributed by atoms with Crippen molar-refractivity contribution in [3.8, 4) is 5.75 Å². The largest absolute Gasteiger partial charge is 0.493 e. The average Bonchev–Trinajstić information content (AvgIpc) is 2.69. The number of hydrogen-bond donors (Lipinski definition) is 1. The Labute approximate surface area is 123 Å². The van der Waals surface area contributed by atoms with Gasteiger partial charge in [-0.15, -0.1) is 0 Å². The predicted octanol–water partition coefficient (Wildman–Crippen LogP) is 3.18. The molecule has 2 rings (SSSR count). The van der Waals surface area contributed by atoms with Crippen molar-refractivity contribution in [2.75, 3.05) is 19.7 Å². The van der Waals surface area contributed by atoms with E-state index in [9.17, 15) is 0 Å². The quantitative estimate of drug-likeness (QED) is 0.811. The van der Waals surface area contributed by atoms with Crippen molar-refractivity contribution < 1.29 is 4.74 Å². The van der Waals surface area contributed by atoms with Crippen molar-refractivity contribution in [1.29, 1.82) is 0 Å². The number of nitrogens with two attached hydrogens (primary N) is 1. The minimum absolute atomic E-state index is 0.541. The zero-order valence-electron chi connectivity index (χ0n) is 12.7. The maximum atomic E-state index is 5.88. The Morgan fingerprint density at radius 1 is 1.25 bits per heavy atom. The first kappa shape index (κ1) is 15.3. The number of hydrogen-bond acceptors (Lipinski definition) is 3. The van der Waals surface area contributed by atoms with Gasteiger partial charge in [0.05, 0.1) is 6.61 Å². The molecule has 2 N–H and O–H groups in total. The number of benzene rings is 1. The number of likely N-dealkylation sites (tertiary alicyclic amines) is 1. The highest BCUT2D eigenvalue weighted by Gasteiger charge is 2.15. The molecule has 1 saturated heterocycles. The van der Waals surface area contributed by atoms with Gasteiger partial charge in [0.2, 0.25) is 0 Å². The summed E-state index contributed by atoms with van der Waals surface area (Å²) in [5.74, 6) is 0.943. The van der Waals surface area contributed by atoms with Gasteiger partial charge >= 0.3 is 0 Å². The molecule has 0 bridgehead atoms. The van der Waals surface area contributed by atoms with Crippen LogP contribution in [0.4, 0.5) is 0 Å². The van der Waals surface area contributed by atoms with Gasteiger partial charge < -0.3 is 15.4 Å². The first-order chi connectivity index (χ1) is 9.81. The first-order valence-corrected chi connectivity index (χ1v) is 7.96. The third-order valence-corrected chi connectivity index (χ3v) is 4.23. The lowest BCUT2D eigenvalue weighted by Crippen LogP contribution is -2.34. The molecule has 3 heteroatoms. The standard InChI is InChI=1S/C17H28N2O/c1-15-8-3-2-6-11-19(15)12-7-13-20-17-10-5-4-9-16(17)14-18/h4-5,9-10,15H,2-3,6-8,11-14,18H2,1H3. The molecule has 0 radical (unpaired) electrons. The summed E-state index contributed by atoms with van der Waals surface area (Å²) >= 11 is 0. The van der Waals surface area contributed by atoms with E-state index in [1.807, 2.05) is 24.3 Å². The van der Waals surface area contributed by atoms with E-state index < -0.39 is 0 Å². The van der Waals surface area contributed by atoms with Gasteiger partial charge in [0.25, 0.3) is 0 Å². The monoisotopic (exact) mass is 276 g/mol. The lowest BCUT2D eigenvalue weighted by Gasteiger charge is -2.26. The van der Waals surface area contributed by atoms with E-state index in [0.29, 0.717) is 6.54 Å². The fraction of sp³-hybridized carbons (Fsp3) is 0.647. The molecule has 1 unspecified atom stereocenters. The summed E-state index contributed by atoms with van der Waals surface area (Å²) in [6.07, 6.45) is 6.56. The molecule has 1 aromatic carbocycles. The lowest BCUT2D eigenvalue weighted by molar-refractivity contribution is 0.191. The smallest absolute Gasteiger partial charge is 0.123 e. The van der Waals surface area contributed by atoms with Gasteiger partial charge in [0.15, 0.2) is 0 Å². The summed E-state index contributed by atoms with van der Waals surface area (Å²) in [5, 5.41) is 0. The molecule has 1 aromatic rings. The van der Waals surface area contributed by atoms with Crippen molar-refractivity contribution >= 4 is 0 Å². The van der Waals surface area contributed by atoms with E-state index >= 15 is 0 Å². The molecule has 1 aliphatic heterocycles. The van der Waals surface area contributed by atoms with Gasteiger partial charge in [0.1, 0.15) is 5.75 Å². The first-order valence-electron chi connectivity index (χ1n) is 7.96. The van der Waals surface area contributed by atoms with Gasteiger partial charge in [0, 0.05) is 24.7 Å². The van der Waals surface area contributed by atoms with Crippen molar-refractivity contribution in [2.45, 2.75) is 51.6 Å². The van der Waals surface area contributed by atoms with Crippen LogP contribution in [0.5, 0.6) is 5.75 Å². The molecular weight excluding hydrogens is 248 g/mol. The van der Waals surface area contributed by atoms with Crippen LogP contribution in [-0.4, -0.2) is 30.6 Å². The fourth-order valence-corrected chi connectivity index (χ4v) is 2.93. The second-order valence-corrected chi connectivity index (χ2v) is 5.75. The molecule has 0 saturated carbocycles. The number of nitrogens with zero attached hydrogens (tertiary/aromatic N) is 1. The SMILES string of the molecule is CC1CCCCCN1CCCOc1ccccc1CN. The van der Waals surface area contributed by atoms with Crippen LogP contribution in [0, 0.1) is 0 Å². The summed E-state index contributed by atoms with van der Waals surface area (Å²) in [4.78, 5) is 2.62. The highest BCUT2D eigenvalue weighted by Crippen LogP contribution is 2.18. The average molecular weight is 276 g/mol. The second-order valence-electron chi connectivity index (χ2n) is 5.75. The maximum Gasteiger partial charge on any atom is 0.123 e. The zero-order chi connectivity index (χ0) is 14.2. The molecule has 112 valence electrons. The molecule has 0 spiro atoms. The molecule has 0 amide bonds. The van der Waals surface area contributed by atoms with Crippen LogP contribution in [0.15, 0.2) is 24.3 Å². The Bertz CT molecular complexity index is 394. The zero-order valence-corrected chi connectivity index (χ0v) is 12.7. The van der Waals surface area contributed by atoms with Crippen molar-refractivity contribution in [2.24, 2.45) is 5.73 Å². The van der Waals surface area contributed by atoms with Crippen molar-refractivity contribution in [3.05, 3.63) is 29.8 Å². The summed E-state index contributed by atoms with van der Waals surface area (Å²) in [6, 6.07) is 8.79. The van der Waals surface area contributed by atoms with Gasteiger partial charge in [-0.1, -0.05) is 31.0 Å². The highest BCUT2D eigenvalue weighted by molar-refractivity contribution is 5.32. The van der Waals surface area contributed by atoms with Crippen LogP contribution in [0.2, 0.25) is 0 Å². The molecule has 0 aromatic heterocycles.